The number of carboxylic acid groups (broad SMARTS) is 1. The quantitative estimate of drug-likeness (QED) is 0.628. The summed E-state index contributed by atoms with van der Waals surface area (Å²) in [6.45, 7) is 3.67. The van der Waals surface area contributed by atoms with Gasteiger partial charge in [-0.05, 0) is 36.1 Å². The van der Waals surface area contributed by atoms with Crippen LogP contribution in [0.3, 0.4) is 0 Å². The molecule has 9 heteroatoms. The maximum atomic E-state index is 12.6. The average molecular weight is 373 g/mol. The topological polar surface area (TPSA) is 119 Å². The van der Waals surface area contributed by atoms with Gasteiger partial charge in [0.15, 0.2) is 0 Å². The zero-order chi connectivity index (χ0) is 19.2. The van der Waals surface area contributed by atoms with E-state index in [9.17, 15) is 23.1 Å². The summed E-state index contributed by atoms with van der Waals surface area (Å²) in [4.78, 5) is 22.8. The molecule has 8 nitrogen and oxygen atoms in total. The zero-order valence-electron chi connectivity index (χ0n) is 14.6. The summed E-state index contributed by atoms with van der Waals surface area (Å²) in [6, 6.07) is 2.66. The summed E-state index contributed by atoms with van der Waals surface area (Å²) in [5.41, 5.74) is 0.481. The molecule has 1 rings (SSSR count). The van der Waals surface area contributed by atoms with E-state index in [0.29, 0.717) is 5.56 Å². The number of aliphatic carboxylic acids is 1. The minimum atomic E-state index is -4.15. The fraction of sp³-hybridized carbons (Fsp3) is 0.500. The molecule has 140 valence electrons. The van der Waals surface area contributed by atoms with Crippen LogP contribution in [0.5, 0.6) is 0 Å². The third-order valence-corrected chi connectivity index (χ3v) is 4.76. The number of methoxy groups -OCH3 is 2. The second-order valence-corrected chi connectivity index (χ2v) is 7.65. The van der Waals surface area contributed by atoms with Gasteiger partial charge in [-0.1, -0.05) is 13.8 Å². The molecule has 2 N–H and O–H groups in total. The van der Waals surface area contributed by atoms with Crippen molar-refractivity contribution in [3.05, 3.63) is 29.3 Å². The van der Waals surface area contributed by atoms with Gasteiger partial charge < -0.3 is 14.6 Å². The van der Waals surface area contributed by atoms with Crippen LogP contribution >= 0.6 is 0 Å². The number of carbonyl (C=O) groups is 2. The fourth-order valence-electron chi connectivity index (χ4n) is 2.23. The van der Waals surface area contributed by atoms with Gasteiger partial charge in [-0.3, -0.25) is 4.79 Å². The summed E-state index contributed by atoms with van der Waals surface area (Å²) in [5.74, 6) is -1.99. The summed E-state index contributed by atoms with van der Waals surface area (Å²) in [6.07, 6.45) is 0.135. The van der Waals surface area contributed by atoms with Gasteiger partial charge in [-0.2, -0.15) is 4.72 Å². The monoisotopic (exact) mass is 373 g/mol. The number of sulfonamides is 1. The van der Waals surface area contributed by atoms with Crippen LogP contribution in [0, 0.1) is 5.92 Å². The third-order valence-electron chi connectivity index (χ3n) is 3.31. The van der Waals surface area contributed by atoms with E-state index < -0.39 is 28.0 Å². The molecule has 0 aliphatic carbocycles. The summed E-state index contributed by atoms with van der Waals surface area (Å²) in [5, 5.41) is 9.23. The van der Waals surface area contributed by atoms with Gasteiger partial charge in [-0.15, -0.1) is 0 Å². The Morgan fingerprint density at radius 3 is 2.32 bits per heavy atom. The van der Waals surface area contributed by atoms with Gasteiger partial charge in [0, 0.05) is 7.11 Å². The average Bonchev–Trinajstić information content (AvgIpc) is 2.52. The molecule has 1 aromatic carbocycles. The number of carboxylic acids is 1. The van der Waals surface area contributed by atoms with Crippen molar-refractivity contribution in [2.24, 2.45) is 5.92 Å². The van der Waals surface area contributed by atoms with Crippen molar-refractivity contribution in [3.8, 4) is 0 Å². The molecule has 0 fully saturated rings. The molecule has 0 bridgehead atoms. The highest BCUT2D eigenvalue weighted by Gasteiger charge is 2.27. The van der Waals surface area contributed by atoms with Crippen molar-refractivity contribution in [1.29, 1.82) is 0 Å². The van der Waals surface area contributed by atoms with Crippen molar-refractivity contribution < 1.29 is 32.6 Å². The second kappa shape index (κ2) is 8.93. The predicted molar refractivity (Wildman–Crippen MR) is 89.7 cm³/mol. The maximum absolute atomic E-state index is 12.6. The number of benzene rings is 1. The normalized spacial score (nSPS) is 12.8. The predicted octanol–water partition coefficient (Wildman–Crippen LogP) is 1.40. The van der Waals surface area contributed by atoms with Gasteiger partial charge in [-0.25, -0.2) is 13.2 Å². The van der Waals surface area contributed by atoms with Crippen molar-refractivity contribution in [2.75, 3.05) is 14.2 Å². The first-order chi connectivity index (χ1) is 11.6. The van der Waals surface area contributed by atoms with E-state index in [0.717, 1.165) is 6.07 Å². The van der Waals surface area contributed by atoms with E-state index in [1.807, 2.05) is 0 Å². The lowest BCUT2D eigenvalue weighted by Crippen LogP contribution is -2.41. The highest BCUT2D eigenvalue weighted by atomic mass is 32.2. The smallest absolute Gasteiger partial charge is 0.337 e. The Kier molecular flexibility index (Phi) is 7.53. The van der Waals surface area contributed by atoms with Crippen LogP contribution in [0.15, 0.2) is 23.1 Å². The van der Waals surface area contributed by atoms with Crippen molar-refractivity contribution in [3.63, 3.8) is 0 Å². The number of esters is 1. The van der Waals surface area contributed by atoms with Crippen LogP contribution in [0.4, 0.5) is 0 Å². The fourth-order valence-corrected chi connectivity index (χ4v) is 3.52. The van der Waals surface area contributed by atoms with Crippen molar-refractivity contribution in [1.82, 2.24) is 4.72 Å². The van der Waals surface area contributed by atoms with Gasteiger partial charge in [0.1, 0.15) is 6.04 Å². The molecule has 0 radical (unpaired) electrons. The molecule has 0 saturated heterocycles. The molecular weight excluding hydrogens is 350 g/mol. The molecule has 0 saturated carbocycles. The zero-order valence-corrected chi connectivity index (χ0v) is 15.4. The highest BCUT2D eigenvalue weighted by molar-refractivity contribution is 7.89. The van der Waals surface area contributed by atoms with Gasteiger partial charge in [0.25, 0.3) is 0 Å². The van der Waals surface area contributed by atoms with Crippen molar-refractivity contribution in [2.45, 2.75) is 37.8 Å². The molecule has 0 amide bonds. The number of ether oxygens (including phenoxy) is 2. The van der Waals surface area contributed by atoms with E-state index in [2.05, 4.69) is 9.46 Å². The van der Waals surface area contributed by atoms with Crippen LogP contribution in [0.1, 0.15) is 36.2 Å². The minimum Gasteiger partial charge on any atom is -0.480 e. The number of hydrogen-bond donors (Lipinski definition) is 2. The maximum Gasteiger partial charge on any atom is 0.337 e. The molecule has 0 spiro atoms. The first-order valence-electron chi connectivity index (χ1n) is 7.57. The third kappa shape index (κ3) is 6.11. The minimum absolute atomic E-state index is 0.0192. The van der Waals surface area contributed by atoms with Gasteiger partial charge in [0.2, 0.25) is 10.0 Å². The lowest BCUT2D eigenvalue weighted by molar-refractivity contribution is -0.139. The highest BCUT2D eigenvalue weighted by Crippen LogP contribution is 2.18. The SMILES string of the molecule is COCc1cc(C(=O)OC)cc(S(=O)(=O)NC(CC(C)C)C(=O)O)c1. The van der Waals surface area contributed by atoms with E-state index in [-0.39, 0.29) is 29.4 Å². The molecule has 1 aromatic rings. The Morgan fingerprint density at radius 2 is 1.84 bits per heavy atom. The van der Waals surface area contributed by atoms with Crippen molar-refractivity contribution >= 4 is 22.0 Å². The van der Waals surface area contributed by atoms with E-state index >= 15 is 0 Å². The molecule has 0 aliphatic heterocycles. The molecule has 1 unspecified atom stereocenters. The first kappa shape index (κ1) is 21.1. The van der Waals surface area contributed by atoms with E-state index in [4.69, 9.17) is 4.74 Å². The lowest BCUT2D eigenvalue weighted by Gasteiger charge is -2.17. The number of carbonyl (C=O) groups excluding carboxylic acids is 1. The summed E-state index contributed by atoms with van der Waals surface area (Å²) < 4.78 is 36.9. The van der Waals surface area contributed by atoms with Crippen LogP contribution in [-0.4, -0.2) is 45.7 Å². The van der Waals surface area contributed by atoms with Gasteiger partial charge in [0.05, 0.1) is 24.2 Å². The molecule has 0 heterocycles. The van der Waals surface area contributed by atoms with E-state index in [1.54, 1.807) is 13.8 Å². The molecule has 0 aromatic heterocycles. The molecular formula is C16H23NO7S. The Bertz CT molecular complexity index is 728. The number of hydrogen-bond acceptors (Lipinski definition) is 6. The number of rotatable bonds is 9. The Balaban J connectivity index is 3.28. The van der Waals surface area contributed by atoms with E-state index in [1.165, 1.54) is 26.4 Å². The largest absolute Gasteiger partial charge is 0.480 e. The molecule has 1 atom stereocenters. The molecule has 0 aliphatic rings. The number of nitrogens with one attached hydrogen (secondary N) is 1. The van der Waals surface area contributed by atoms with Crippen LogP contribution in [-0.2, 0) is 30.9 Å². The summed E-state index contributed by atoms with van der Waals surface area (Å²) >= 11 is 0. The Morgan fingerprint density at radius 1 is 1.20 bits per heavy atom. The van der Waals surface area contributed by atoms with Crippen LogP contribution < -0.4 is 4.72 Å². The standard InChI is InChI=1S/C16H23NO7S/c1-10(2)5-14(15(18)19)17-25(21,22)13-7-11(9-23-3)6-12(8-13)16(20)24-4/h6-8,10,14,17H,5,9H2,1-4H3,(H,18,19). The lowest BCUT2D eigenvalue weighted by atomic mass is 10.1. The Hall–Kier alpha value is -1.97. The van der Waals surface area contributed by atoms with Gasteiger partial charge >= 0.3 is 11.9 Å². The van der Waals surface area contributed by atoms with Crippen LogP contribution in [0.2, 0.25) is 0 Å². The Labute approximate surface area is 147 Å². The first-order valence-corrected chi connectivity index (χ1v) is 9.05. The van der Waals surface area contributed by atoms with Crippen LogP contribution in [0.25, 0.3) is 0 Å². The second-order valence-electron chi connectivity index (χ2n) is 5.93. The summed E-state index contributed by atoms with van der Waals surface area (Å²) in [7, 11) is -1.54. The molecule has 25 heavy (non-hydrogen) atoms.